The van der Waals surface area contributed by atoms with Crippen LogP contribution in [0.2, 0.25) is 0 Å². The average Bonchev–Trinajstić information content (AvgIpc) is 2.92. The highest BCUT2D eigenvalue weighted by Crippen LogP contribution is 2.18. The van der Waals surface area contributed by atoms with Crippen LogP contribution in [0, 0.1) is 23.7 Å². The van der Waals surface area contributed by atoms with Crippen LogP contribution in [0.5, 0.6) is 0 Å². The zero-order chi connectivity index (χ0) is 19.0. The number of primary amides is 2. The number of aryl methyl sites for hydroxylation is 1. The average molecular weight is 351 g/mol. The Morgan fingerprint density at radius 1 is 1.04 bits per heavy atom. The molecule has 0 radical (unpaired) electrons. The summed E-state index contributed by atoms with van der Waals surface area (Å²) in [4.78, 5) is 23.1. The predicted octanol–water partition coefficient (Wildman–Crippen LogP) is 1.90. The number of hydrogen-bond acceptors (Lipinski definition) is 4. The van der Waals surface area contributed by atoms with E-state index in [0.717, 1.165) is 31.4 Å². The van der Waals surface area contributed by atoms with Crippen LogP contribution in [0.1, 0.15) is 59.1 Å². The molecule has 25 heavy (non-hydrogen) atoms. The molecular formula is C18H33N5O2. The summed E-state index contributed by atoms with van der Waals surface area (Å²) in [5, 5.41) is 8.25. The Morgan fingerprint density at radius 2 is 1.60 bits per heavy atom. The van der Waals surface area contributed by atoms with Crippen molar-refractivity contribution in [2.45, 2.75) is 66.3 Å². The van der Waals surface area contributed by atoms with Crippen molar-refractivity contribution in [1.82, 2.24) is 15.0 Å². The van der Waals surface area contributed by atoms with Crippen LogP contribution in [-0.2, 0) is 22.6 Å². The van der Waals surface area contributed by atoms with E-state index in [1.54, 1.807) is 4.68 Å². The zero-order valence-corrected chi connectivity index (χ0v) is 15.9. The molecule has 142 valence electrons. The van der Waals surface area contributed by atoms with E-state index in [0.29, 0.717) is 24.8 Å². The Balaban J connectivity index is 2.52. The maximum atomic E-state index is 11.6. The Morgan fingerprint density at radius 3 is 2.12 bits per heavy atom. The molecule has 0 bridgehead atoms. The van der Waals surface area contributed by atoms with Crippen LogP contribution in [0.4, 0.5) is 0 Å². The van der Waals surface area contributed by atoms with E-state index in [4.69, 9.17) is 11.5 Å². The van der Waals surface area contributed by atoms with Gasteiger partial charge < -0.3 is 11.5 Å². The van der Waals surface area contributed by atoms with Gasteiger partial charge in [-0.05, 0) is 37.5 Å². The van der Waals surface area contributed by atoms with Gasteiger partial charge in [-0.15, -0.1) is 5.10 Å². The standard InChI is InChI=1S/C18H33N5O2/c1-12(2)8-14(17(19)24)6-5-7-23-11-16(21-22-23)10-15(18(20)25)9-13(3)4/h11-15H,5-10H2,1-4H3,(H2,19,24)(H2,20,25). The van der Waals surface area contributed by atoms with Crippen LogP contribution >= 0.6 is 0 Å². The SMILES string of the molecule is CC(C)CC(CCCn1cc(CC(CC(C)C)C(N)=O)nn1)C(N)=O. The highest BCUT2D eigenvalue weighted by atomic mass is 16.1. The van der Waals surface area contributed by atoms with Gasteiger partial charge in [0.25, 0.3) is 0 Å². The number of nitrogens with two attached hydrogens (primary N) is 2. The Bertz CT molecular complexity index is 553. The summed E-state index contributed by atoms with van der Waals surface area (Å²) in [6, 6.07) is 0. The van der Waals surface area contributed by atoms with Gasteiger partial charge in [-0.3, -0.25) is 14.3 Å². The molecule has 0 fully saturated rings. The molecule has 2 atom stereocenters. The fraction of sp³-hybridized carbons (Fsp3) is 0.778. The monoisotopic (exact) mass is 351 g/mol. The topological polar surface area (TPSA) is 117 Å². The van der Waals surface area contributed by atoms with Crippen LogP contribution in [0.25, 0.3) is 0 Å². The van der Waals surface area contributed by atoms with E-state index >= 15 is 0 Å². The molecule has 0 aliphatic rings. The van der Waals surface area contributed by atoms with Crippen LogP contribution in [0.3, 0.4) is 0 Å². The molecule has 2 unspecified atom stereocenters. The Labute approximate surface area is 150 Å². The summed E-state index contributed by atoms with van der Waals surface area (Å²) in [7, 11) is 0. The smallest absolute Gasteiger partial charge is 0.220 e. The zero-order valence-electron chi connectivity index (χ0n) is 15.9. The molecule has 2 amide bonds. The molecule has 4 N–H and O–H groups in total. The molecule has 0 saturated heterocycles. The molecule has 0 saturated carbocycles. The van der Waals surface area contributed by atoms with Crippen molar-refractivity contribution in [2.75, 3.05) is 0 Å². The molecule has 1 rings (SSSR count). The molecule has 0 aromatic carbocycles. The molecule has 1 heterocycles. The number of amides is 2. The van der Waals surface area contributed by atoms with Crippen molar-refractivity contribution in [2.24, 2.45) is 35.1 Å². The van der Waals surface area contributed by atoms with E-state index in [1.165, 1.54) is 0 Å². The number of rotatable bonds is 12. The van der Waals surface area contributed by atoms with Gasteiger partial charge in [-0.2, -0.15) is 0 Å². The van der Waals surface area contributed by atoms with Gasteiger partial charge in [0.05, 0.1) is 5.69 Å². The number of carbonyl (C=O) groups excluding carboxylic acids is 2. The summed E-state index contributed by atoms with van der Waals surface area (Å²) in [6.07, 6.45) is 5.50. The fourth-order valence-corrected chi connectivity index (χ4v) is 3.11. The molecular weight excluding hydrogens is 318 g/mol. The minimum atomic E-state index is -0.291. The Kier molecular flexibility index (Phi) is 8.58. The first-order valence-corrected chi connectivity index (χ1v) is 9.16. The number of nitrogens with zero attached hydrogens (tertiary/aromatic N) is 3. The maximum Gasteiger partial charge on any atom is 0.220 e. The summed E-state index contributed by atoms with van der Waals surface area (Å²) in [6.45, 7) is 9.00. The first-order valence-electron chi connectivity index (χ1n) is 9.16. The van der Waals surface area contributed by atoms with Crippen LogP contribution in [0.15, 0.2) is 6.20 Å². The van der Waals surface area contributed by atoms with Gasteiger partial charge in [0.15, 0.2) is 0 Å². The van der Waals surface area contributed by atoms with Crippen molar-refractivity contribution >= 4 is 11.8 Å². The molecule has 7 heteroatoms. The number of aromatic nitrogens is 3. The van der Waals surface area contributed by atoms with Crippen molar-refractivity contribution in [3.63, 3.8) is 0 Å². The number of carbonyl (C=O) groups is 2. The summed E-state index contributed by atoms with van der Waals surface area (Å²) >= 11 is 0. The van der Waals surface area contributed by atoms with Gasteiger partial charge in [0.2, 0.25) is 11.8 Å². The lowest BCUT2D eigenvalue weighted by Gasteiger charge is -2.15. The predicted molar refractivity (Wildman–Crippen MR) is 97.2 cm³/mol. The molecule has 0 spiro atoms. The molecule has 7 nitrogen and oxygen atoms in total. The first-order chi connectivity index (χ1) is 11.7. The van der Waals surface area contributed by atoms with Gasteiger partial charge in [0, 0.05) is 31.0 Å². The van der Waals surface area contributed by atoms with Gasteiger partial charge in [0.1, 0.15) is 0 Å². The largest absolute Gasteiger partial charge is 0.369 e. The second kappa shape index (κ2) is 10.2. The van der Waals surface area contributed by atoms with Gasteiger partial charge >= 0.3 is 0 Å². The van der Waals surface area contributed by atoms with Crippen molar-refractivity contribution in [1.29, 1.82) is 0 Å². The van der Waals surface area contributed by atoms with Crippen LogP contribution in [-0.4, -0.2) is 26.8 Å². The maximum absolute atomic E-state index is 11.6. The third-order valence-electron chi connectivity index (χ3n) is 4.30. The van der Waals surface area contributed by atoms with E-state index < -0.39 is 0 Å². The lowest BCUT2D eigenvalue weighted by molar-refractivity contribution is -0.123. The summed E-state index contributed by atoms with van der Waals surface area (Å²) in [5.41, 5.74) is 11.7. The lowest BCUT2D eigenvalue weighted by Crippen LogP contribution is -2.26. The molecule has 1 aromatic rings. The minimum Gasteiger partial charge on any atom is -0.369 e. The summed E-state index contributed by atoms with van der Waals surface area (Å²) in [5.74, 6) is 0.0253. The molecule has 0 aliphatic heterocycles. The van der Waals surface area contributed by atoms with Crippen LogP contribution < -0.4 is 11.5 Å². The lowest BCUT2D eigenvalue weighted by atomic mass is 9.92. The van der Waals surface area contributed by atoms with E-state index in [1.807, 2.05) is 6.20 Å². The highest BCUT2D eigenvalue weighted by Gasteiger charge is 2.20. The van der Waals surface area contributed by atoms with Gasteiger partial charge in [-0.1, -0.05) is 32.9 Å². The van der Waals surface area contributed by atoms with Gasteiger partial charge in [-0.25, -0.2) is 0 Å². The molecule has 1 aromatic heterocycles. The third-order valence-corrected chi connectivity index (χ3v) is 4.30. The highest BCUT2D eigenvalue weighted by molar-refractivity contribution is 5.77. The van der Waals surface area contributed by atoms with E-state index in [2.05, 4.69) is 38.0 Å². The normalized spacial score (nSPS) is 14.0. The van der Waals surface area contributed by atoms with E-state index in [9.17, 15) is 9.59 Å². The second-order valence-corrected chi connectivity index (χ2v) is 7.78. The summed E-state index contributed by atoms with van der Waals surface area (Å²) < 4.78 is 1.76. The number of hydrogen-bond donors (Lipinski definition) is 2. The second-order valence-electron chi connectivity index (χ2n) is 7.78. The fourth-order valence-electron chi connectivity index (χ4n) is 3.11. The molecule has 0 aliphatic carbocycles. The minimum absolute atomic E-state index is 0.0896. The quantitative estimate of drug-likeness (QED) is 0.598. The Hall–Kier alpha value is -1.92. The van der Waals surface area contributed by atoms with Crippen molar-refractivity contribution in [3.8, 4) is 0 Å². The van der Waals surface area contributed by atoms with Crippen molar-refractivity contribution in [3.05, 3.63) is 11.9 Å². The van der Waals surface area contributed by atoms with Crippen molar-refractivity contribution < 1.29 is 9.59 Å². The first kappa shape index (κ1) is 21.1. The third kappa shape index (κ3) is 8.14. The van der Waals surface area contributed by atoms with E-state index in [-0.39, 0.29) is 23.7 Å².